The van der Waals surface area contributed by atoms with Gasteiger partial charge in [0.1, 0.15) is 0 Å². The van der Waals surface area contributed by atoms with Gasteiger partial charge in [0.15, 0.2) is 0 Å². The van der Waals surface area contributed by atoms with E-state index in [0.29, 0.717) is 32.0 Å². The number of amides is 2. The predicted octanol–water partition coefficient (Wildman–Crippen LogP) is 3.39. The number of carbonyl (C=O) groups is 2. The molecule has 0 radical (unpaired) electrons. The van der Waals surface area contributed by atoms with Crippen LogP contribution < -0.4 is 10.2 Å². The SMILES string of the molecule is CN(c1ccccc1NC(=O)N1CCC(C(=O)O)CC1)C1CCCC1. The van der Waals surface area contributed by atoms with E-state index in [0.717, 1.165) is 11.4 Å². The summed E-state index contributed by atoms with van der Waals surface area (Å²) in [6, 6.07) is 8.29. The third-order valence-electron chi connectivity index (χ3n) is 5.53. The molecular formula is C19H27N3O3. The van der Waals surface area contributed by atoms with Crippen LogP contribution in [0.4, 0.5) is 16.2 Å². The second-order valence-corrected chi connectivity index (χ2v) is 7.10. The smallest absolute Gasteiger partial charge is 0.321 e. The van der Waals surface area contributed by atoms with Gasteiger partial charge in [-0.05, 0) is 37.8 Å². The highest BCUT2D eigenvalue weighted by atomic mass is 16.4. The maximum Gasteiger partial charge on any atom is 0.321 e. The van der Waals surface area contributed by atoms with Crippen LogP contribution in [0.2, 0.25) is 0 Å². The van der Waals surface area contributed by atoms with Crippen molar-refractivity contribution in [1.29, 1.82) is 0 Å². The van der Waals surface area contributed by atoms with Gasteiger partial charge in [-0.25, -0.2) is 4.79 Å². The molecule has 0 atom stereocenters. The lowest BCUT2D eigenvalue weighted by molar-refractivity contribution is -0.143. The van der Waals surface area contributed by atoms with Crippen molar-refractivity contribution in [3.05, 3.63) is 24.3 Å². The summed E-state index contributed by atoms with van der Waals surface area (Å²) >= 11 is 0. The normalized spacial score (nSPS) is 19.0. The van der Waals surface area contributed by atoms with Crippen molar-refractivity contribution in [3.8, 4) is 0 Å². The number of carboxylic acid groups (broad SMARTS) is 1. The van der Waals surface area contributed by atoms with Crippen LogP contribution in [0.1, 0.15) is 38.5 Å². The number of carbonyl (C=O) groups excluding carboxylic acids is 1. The average Bonchev–Trinajstić information content (AvgIpc) is 3.16. The monoisotopic (exact) mass is 345 g/mol. The first-order valence-electron chi connectivity index (χ1n) is 9.17. The number of urea groups is 1. The standard InChI is InChI=1S/C19H27N3O3/c1-21(15-6-2-3-7-15)17-9-5-4-8-16(17)20-19(25)22-12-10-14(11-13-22)18(23)24/h4-5,8-9,14-15H,2-3,6-7,10-13H2,1H3,(H,20,25)(H,23,24). The molecule has 2 amide bonds. The Bertz CT molecular complexity index is 620. The number of carboxylic acids is 1. The number of nitrogens with one attached hydrogen (secondary N) is 1. The Morgan fingerprint density at radius 3 is 2.40 bits per heavy atom. The zero-order chi connectivity index (χ0) is 17.8. The number of rotatable bonds is 4. The molecule has 2 aliphatic rings. The molecule has 0 aromatic heterocycles. The molecular weight excluding hydrogens is 318 g/mol. The number of hydrogen-bond donors (Lipinski definition) is 2. The average molecular weight is 345 g/mol. The lowest BCUT2D eigenvalue weighted by Crippen LogP contribution is -2.42. The molecule has 1 aromatic rings. The van der Waals surface area contributed by atoms with Crippen molar-refractivity contribution in [2.45, 2.75) is 44.6 Å². The minimum Gasteiger partial charge on any atom is -0.481 e. The molecule has 1 aliphatic heterocycles. The minimum atomic E-state index is -0.761. The molecule has 3 rings (SSSR count). The molecule has 1 saturated carbocycles. The van der Waals surface area contributed by atoms with Crippen molar-refractivity contribution >= 4 is 23.4 Å². The second kappa shape index (κ2) is 7.76. The first-order valence-corrected chi connectivity index (χ1v) is 9.17. The van der Waals surface area contributed by atoms with Gasteiger partial charge in [0.2, 0.25) is 0 Å². The van der Waals surface area contributed by atoms with Gasteiger partial charge in [-0.2, -0.15) is 0 Å². The summed E-state index contributed by atoms with van der Waals surface area (Å²) in [7, 11) is 2.10. The quantitative estimate of drug-likeness (QED) is 0.877. The molecule has 6 heteroatoms. The maximum absolute atomic E-state index is 12.6. The summed E-state index contributed by atoms with van der Waals surface area (Å²) in [5, 5.41) is 12.1. The van der Waals surface area contributed by atoms with Crippen LogP contribution in [0.3, 0.4) is 0 Å². The Hall–Kier alpha value is -2.24. The first-order chi connectivity index (χ1) is 12.1. The van der Waals surface area contributed by atoms with Crippen molar-refractivity contribution < 1.29 is 14.7 Å². The maximum atomic E-state index is 12.6. The highest BCUT2D eigenvalue weighted by molar-refractivity contribution is 5.93. The zero-order valence-electron chi connectivity index (χ0n) is 14.8. The van der Waals surface area contributed by atoms with Crippen LogP contribution in [0.5, 0.6) is 0 Å². The molecule has 1 heterocycles. The van der Waals surface area contributed by atoms with Gasteiger partial charge in [0, 0.05) is 26.2 Å². The van der Waals surface area contributed by atoms with Gasteiger partial charge in [-0.1, -0.05) is 25.0 Å². The van der Waals surface area contributed by atoms with E-state index in [1.54, 1.807) is 4.90 Å². The van der Waals surface area contributed by atoms with Crippen LogP contribution >= 0.6 is 0 Å². The fraction of sp³-hybridized carbons (Fsp3) is 0.579. The van der Waals surface area contributed by atoms with Gasteiger partial charge in [0.05, 0.1) is 17.3 Å². The number of nitrogens with zero attached hydrogens (tertiary/aromatic N) is 2. The summed E-state index contributed by atoms with van der Waals surface area (Å²) < 4.78 is 0. The Kier molecular flexibility index (Phi) is 5.46. The zero-order valence-corrected chi connectivity index (χ0v) is 14.8. The Balaban J connectivity index is 1.64. The van der Waals surface area contributed by atoms with Crippen LogP contribution in [-0.4, -0.2) is 48.2 Å². The predicted molar refractivity (Wildman–Crippen MR) is 98.1 cm³/mol. The molecule has 2 fully saturated rings. The van der Waals surface area contributed by atoms with E-state index in [9.17, 15) is 9.59 Å². The lowest BCUT2D eigenvalue weighted by Gasteiger charge is -2.32. The van der Waals surface area contributed by atoms with Crippen molar-refractivity contribution in [3.63, 3.8) is 0 Å². The van der Waals surface area contributed by atoms with E-state index in [1.165, 1.54) is 25.7 Å². The fourth-order valence-corrected chi connectivity index (χ4v) is 3.90. The van der Waals surface area contributed by atoms with Crippen LogP contribution in [-0.2, 0) is 4.79 Å². The Labute approximate surface area is 148 Å². The van der Waals surface area contributed by atoms with E-state index >= 15 is 0 Å². The van der Waals surface area contributed by atoms with Crippen molar-refractivity contribution in [2.24, 2.45) is 5.92 Å². The van der Waals surface area contributed by atoms with Gasteiger partial charge >= 0.3 is 12.0 Å². The summed E-state index contributed by atoms with van der Waals surface area (Å²) in [6.45, 7) is 0.979. The molecule has 25 heavy (non-hydrogen) atoms. The number of aliphatic carboxylic acids is 1. The van der Waals surface area contributed by atoms with Crippen LogP contribution in [0.15, 0.2) is 24.3 Å². The highest BCUT2D eigenvalue weighted by Gasteiger charge is 2.28. The lowest BCUT2D eigenvalue weighted by atomic mass is 9.97. The molecule has 0 unspecified atom stereocenters. The third kappa shape index (κ3) is 4.06. The van der Waals surface area contributed by atoms with E-state index in [1.807, 2.05) is 24.3 Å². The van der Waals surface area contributed by atoms with Gasteiger partial charge < -0.3 is 20.2 Å². The molecule has 1 saturated heterocycles. The number of piperidine rings is 1. The van der Waals surface area contributed by atoms with E-state index in [4.69, 9.17) is 5.11 Å². The van der Waals surface area contributed by atoms with Crippen molar-refractivity contribution in [2.75, 3.05) is 30.4 Å². The summed E-state index contributed by atoms with van der Waals surface area (Å²) in [4.78, 5) is 27.6. The molecule has 136 valence electrons. The fourth-order valence-electron chi connectivity index (χ4n) is 3.90. The number of hydrogen-bond acceptors (Lipinski definition) is 3. The van der Waals surface area contributed by atoms with Crippen molar-refractivity contribution in [1.82, 2.24) is 4.90 Å². The van der Waals surface area contributed by atoms with Gasteiger partial charge in [-0.3, -0.25) is 4.79 Å². The summed E-state index contributed by atoms with van der Waals surface area (Å²) in [5.41, 5.74) is 1.87. The number of para-hydroxylation sites is 2. The molecule has 0 spiro atoms. The van der Waals surface area contributed by atoms with Crippen LogP contribution in [0, 0.1) is 5.92 Å². The number of likely N-dealkylation sites (tertiary alicyclic amines) is 1. The summed E-state index contributed by atoms with van der Waals surface area (Å²) in [6.07, 6.45) is 5.96. The molecule has 1 aliphatic carbocycles. The number of anilines is 2. The Morgan fingerprint density at radius 2 is 1.76 bits per heavy atom. The van der Waals surface area contributed by atoms with E-state index in [-0.39, 0.29) is 11.9 Å². The molecule has 0 bridgehead atoms. The molecule has 2 N–H and O–H groups in total. The topological polar surface area (TPSA) is 72.9 Å². The highest BCUT2D eigenvalue weighted by Crippen LogP contribution is 2.32. The number of benzene rings is 1. The minimum absolute atomic E-state index is 0.142. The third-order valence-corrected chi connectivity index (χ3v) is 5.53. The summed E-state index contributed by atoms with van der Waals surface area (Å²) in [5.74, 6) is -1.09. The largest absolute Gasteiger partial charge is 0.481 e. The molecule has 6 nitrogen and oxygen atoms in total. The molecule has 1 aromatic carbocycles. The van der Waals surface area contributed by atoms with Gasteiger partial charge in [0.25, 0.3) is 0 Å². The van der Waals surface area contributed by atoms with E-state index in [2.05, 4.69) is 17.3 Å². The van der Waals surface area contributed by atoms with E-state index < -0.39 is 5.97 Å². The van der Waals surface area contributed by atoms with Gasteiger partial charge in [-0.15, -0.1) is 0 Å². The second-order valence-electron chi connectivity index (χ2n) is 7.10. The van der Waals surface area contributed by atoms with Crippen LogP contribution in [0.25, 0.3) is 0 Å². The first kappa shape index (κ1) is 17.6. The Morgan fingerprint density at radius 1 is 1.12 bits per heavy atom.